The van der Waals surface area contributed by atoms with Crippen molar-refractivity contribution in [2.45, 2.75) is 9.79 Å². The minimum absolute atomic E-state index is 0.0641. The Bertz CT molecular complexity index is 1030. The molecule has 10 heteroatoms. The van der Waals surface area contributed by atoms with Crippen LogP contribution >= 0.6 is 0 Å². The van der Waals surface area contributed by atoms with E-state index in [0.29, 0.717) is 0 Å². The van der Waals surface area contributed by atoms with Crippen LogP contribution in [0.15, 0.2) is 52.3 Å². The second-order valence-corrected chi connectivity index (χ2v) is 8.71. The van der Waals surface area contributed by atoms with Crippen LogP contribution in [-0.2, 0) is 24.6 Å². The van der Waals surface area contributed by atoms with E-state index in [2.05, 4.69) is 9.46 Å². The molecular formula is C15H14FNO6S2. The van der Waals surface area contributed by atoms with Crippen LogP contribution in [0.4, 0.5) is 10.1 Å². The first-order chi connectivity index (χ1) is 11.5. The predicted molar refractivity (Wildman–Crippen MR) is 88.1 cm³/mol. The third kappa shape index (κ3) is 4.34. The molecule has 0 aromatic heterocycles. The monoisotopic (exact) mass is 387 g/mol. The zero-order chi connectivity index (χ0) is 18.8. The highest BCUT2D eigenvalue weighted by atomic mass is 32.2. The number of hydrogen-bond acceptors (Lipinski definition) is 6. The van der Waals surface area contributed by atoms with Gasteiger partial charge in [-0.1, -0.05) is 6.07 Å². The zero-order valence-electron chi connectivity index (χ0n) is 13.2. The fourth-order valence-corrected chi connectivity index (χ4v) is 3.78. The van der Waals surface area contributed by atoms with Crippen molar-refractivity contribution in [2.24, 2.45) is 0 Å². The van der Waals surface area contributed by atoms with Gasteiger partial charge in [0.15, 0.2) is 9.84 Å². The van der Waals surface area contributed by atoms with E-state index in [-0.39, 0.29) is 16.1 Å². The minimum Gasteiger partial charge on any atom is -0.465 e. The number of ether oxygens (including phenoxy) is 1. The molecule has 0 aliphatic carbocycles. The molecule has 1 N–H and O–H groups in total. The Morgan fingerprint density at radius 3 is 2.36 bits per heavy atom. The summed E-state index contributed by atoms with van der Waals surface area (Å²) in [5, 5.41) is 0. The summed E-state index contributed by atoms with van der Waals surface area (Å²) in [5.41, 5.74) is -0.208. The van der Waals surface area contributed by atoms with Gasteiger partial charge < -0.3 is 4.74 Å². The topological polar surface area (TPSA) is 107 Å². The number of anilines is 1. The van der Waals surface area contributed by atoms with Gasteiger partial charge in [0.2, 0.25) is 0 Å². The van der Waals surface area contributed by atoms with Crippen LogP contribution in [0.2, 0.25) is 0 Å². The number of carbonyl (C=O) groups excluding carboxylic acids is 1. The summed E-state index contributed by atoms with van der Waals surface area (Å²) in [6.07, 6.45) is 0.972. The van der Waals surface area contributed by atoms with Crippen molar-refractivity contribution in [3.63, 3.8) is 0 Å². The third-order valence-corrected chi connectivity index (χ3v) is 5.66. The van der Waals surface area contributed by atoms with Gasteiger partial charge in [0.1, 0.15) is 10.7 Å². The molecule has 0 aliphatic heterocycles. The summed E-state index contributed by atoms with van der Waals surface area (Å²) in [5.74, 6) is -1.89. The van der Waals surface area contributed by atoms with Crippen molar-refractivity contribution in [3.05, 3.63) is 53.8 Å². The van der Waals surface area contributed by atoms with Crippen LogP contribution in [0.25, 0.3) is 0 Å². The van der Waals surface area contributed by atoms with E-state index in [1.54, 1.807) is 0 Å². The molecule has 0 spiro atoms. The molecule has 25 heavy (non-hydrogen) atoms. The Kier molecular flexibility index (Phi) is 5.14. The number of carbonyl (C=O) groups is 1. The molecule has 0 heterocycles. The second-order valence-electron chi connectivity index (χ2n) is 5.04. The Labute approximate surface area is 144 Å². The summed E-state index contributed by atoms with van der Waals surface area (Å²) in [6.45, 7) is 0. The molecule has 2 aromatic carbocycles. The highest BCUT2D eigenvalue weighted by molar-refractivity contribution is 7.92. The van der Waals surface area contributed by atoms with Gasteiger partial charge in [-0.05, 0) is 36.4 Å². The third-order valence-electron chi connectivity index (χ3n) is 3.16. The molecule has 7 nitrogen and oxygen atoms in total. The number of hydrogen-bond donors (Lipinski definition) is 1. The molecule has 0 aliphatic rings. The maximum absolute atomic E-state index is 13.9. The molecular weight excluding hydrogens is 373 g/mol. The molecule has 0 amide bonds. The Morgan fingerprint density at radius 1 is 1.08 bits per heavy atom. The van der Waals surface area contributed by atoms with Crippen LogP contribution in [0, 0.1) is 5.82 Å². The van der Waals surface area contributed by atoms with Gasteiger partial charge in [0.25, 0.3) is 10.0 Å². The molecule has 2 aromatic rings. The maximum atomic E-state index is 13.9. The first kappa shape index (κ1) is 18.9. The van der Waals surface area contributed by atoms with Gasteiger partial charge in [-0.3, -0.25) is 4.72 Å². The maximum Gasteiger partial charge on any atom is 0.337 e. The molecule has 0 radical (unpaired) electrons. The molecule has 134 valence electrons. The number of esters is 1. The first-order valence-corrected chi connectivity index (χ1v) is 10.1. The van der Waals surface area contributed by atoms with E-state index in [9.17, 15) is 26.0 Å². The van der Waals surface area contributed by atoms with Crippen molar-refractivity contribution in [2.75, 3.05) is 18.1 Å². The lowest BCUT2D eigenvalue weighted by molar-refractivity contribution is 0.0600. The Morgan fingerprint density at radius 2 is 1.76 bits per heavy atom. The van der Waals surface area contributed by atoms with E-state index < -0.39 is 36.5 Å². The molecule has 0 saturated heterocycles. The van der Waals surface area contributed by atoms with Crippen LogP contribution in [0.1, 0.15) is 10.4 Å². The lowest BCUT2D eigenvalue weighted by Crippen LogP contribution is -2.16. The van der Waals surface area contributed by atoms with E-state index in [1.165, 1.54) is 18.2 Å². The summed E-state index contributed by atoms with van der Waals surface area (Å²) in [4.78, 5) is 10.6. The normalized spacial score (nSPS) is 11.8. The van der Waals surface area contributed by atoms with Gasteiger partial charge >= 0.3 is 5.97 Å². The second kappa shape index (κ2) is 6.81. The number of rotatable bonds is 5. The summed E-state index contributed by atoms with van der Waals surface area (Å²) >= 11 is 0. The van der Waals surface area contributed by atoms with Crippen molar-refractivity contribution in [3.8, 4) is 0 Å². The number of halogens is 1. The highest BCUT2D eigenvalue weighted by Crippen LogP contribution is 2.22. The molecule has 2 rings (SSSR count). The molecule has 0 unspecified atom stereocenters. The van der Waals surface area contributed by atoms with Crippen LogP contribution in [0.3, 0.4) is 0 Å². The quantitative estimate of drug-likeness (QED) is 0.785. The van der Waals surface area contributed by atoms with Crippen molar-refractivity contribution in [1.29, 1.82) is 0 Å². The van der Waals surface area contributed by atoms with E-state index in [4.69, 9.17) is 0 Å². The Balaban J connectivity index is 2.45. The van der Waals surface area contributed by atoms with Gasteiger partial charge in [-0.25, -0.2) is 26.0 Å². The minimum atomic E-state index is -4.40. The first-order valence-electron chi connectivity index (χ1n) is 6.75. The summed E-state index contributed by atoms with van der Waals surface area (Å²) < 4.78 is 68.4. The smallest absolute Gasteiger partial charge is 0.337 e. The zero-order valence-corrected chi connectivity index (χ0v) is 14.8. The average Bonchev–Trinajstić information content (AvgIpc) is 2.53. The van der Waals surface area contributed by atoms with E-state index >= 15 is 0 Å². The largest absolute Gasteiger partial charge is 0.465 e. The molecule has 0 atom stereocenters. The lowest BCUT2D eigenvalue weighted by Gasteiger charge is -2.11. The molecule has 0 saturated carbocycles. The Hall–Kier alpha value is -2.46. The standard InChI is InChI=1S/C15H14FNO6S2/c1-23-15(18)10-6-7-13(16)14(8-10)25(21,22)17-11-4-3-5-12(9-11)24(2,19)20/h3-9,17H,1-2H3. The number of benzene rings is 2. The summed E-state index contributed by atoms with van der Waals surface area (Å²) in [6, 6.07) is 7.81. The SMILES string of the molecule is COC(=O)c1ccc(F)c(S(=O)(=O)Nc2cccc(S(C)(=O)=O)c2)c1. The van der Waals surface area contributed by atoms with Crippen LogP contribution in [-0.4, -0.2) is 36.2 Å². The van der Waals surface area contributed by atoms with Gasteiger partial charge in [-0.2, -0.15) is 0 Å². The molecule has 0 bridgehead atoms. The number of nitrogens with one attached hydrogen (secondary N) is 1. The summed E-state index contributed by atoms with van der Waals surface area (Å²) in [7, 11) is -6.84. The fourth-order valence-electron chi connectivity index (χ4n) is 1.95. The van der Waals surface area contributed by atoms with Crippen molar-refractivity contribution in [1.82, 2.24) is 0 Å². The van der Waals surface area contributed by atoms with Crippen molar-refractivity contribution < 1.29 is 30.8 Å². The van der Waals surface area contributed by atoms with Gasteiger partial charge in [0.05, 0.1) is 23.3 Å². The molecule has 0 fully saturated rings. The van der Waals surface area contributed by atoms with Crippen LogP contribution < -0.4 is 4.72 Å². The van der Waals surface area contributed by atoms with E-state index in [0.717, 1.165) is 37.6 Å². The fraction of sp³-hybridized carbons (Fsp3) is 0.133. The van der Waals surface area contributed by atoms with Gasteiger partial charge in [-0.15, -0.1) is 0 Å². The number of sulfonamides is 1. The van der Waals surface area contributed by atoms with Crippen LogP contribution in [0.5, 0.6) is 0 Å². The predicted octanol–water partition coefficient (Wildman–Crippen LogP) is 1.82. The van der Waals surface area contributed by atoms with Crippen molar-refractivity contribution >= 4 is 31.5 Å². The lowest BCUT2D eigenvalue weighted by atomic mass is 10.2. The van der Waals surface area contributed by atoms with Gasteiger partial charge in [0, 0.05) is 6.26 Å². The number of sulfone groups is 1. The highest BCUT2D eigenvalue weighted by Gasteiger charge is 2.22. The van der Waals surface area contributed by atoms with E-state index in [1.807, 2.05) is 0 Å². The average molecular weight is 387 g/mol. The number of methoxy groups -OCH3 is 1.